The number of amides is 1. The van der Waals surface area contributed by atoms with Crippen LogP contribution in [0.4, 0.5) is 4.39 Å². The molecule has 1 N–H and O–H groups in total. The molecule has 0 saturated heterocycles. The normalized spacial score (nSPS) is 12.2. The van der Waals surface area contributed by atoms with E-state index in [0.29, 0.717) is 5.56 Å². The van der Waals surface area contributed by atoms with Gasteiger partial charge in [0, 0.05) is 25.9 Å². The zero-order valence-corrected chi connectivity index (χ0v) is 11.5. The van der Waals surface area contributed by atoms with E-state index in [1.165, 1.54) is 34.0 Å². The lowest BCUT2D eigenvalue weighted by Gasteiger charge is -2.13. The van der Waals surface area contributed by atoms with Gasteiger partial charge >= 0.3 is 0 Å². The van der Waals surface area contributed by atoms with Crippen molar-refractivity contribution >= 4 is 5.91 Å². The van der Waals surface area contributed by atoms with Crippen LogP contribution in [0.15, 0.2) is 30.5 Å². The highest BCUT2D eigenvalue weighted by molar-refractivity contribution is 5.91. The molecule has 0 radical (unpaired) electrons. The van der Waals surface area contributed by atoms with Gasteiger partial charge in [0.05, 0.1) is 6.10 Å². The van der Waals surface area contributed by atoms with Gasteiger partial charge in [-0.2, -0.15) is 5.10 Å². The van der Waals surface area contributed by atoms with E-state index >= 15 is 0 Å². The predicted octanol–water partition coefficient (Wildman–Crippen LogP) is 1.77. The Bertz CT molecular complexity index is 635. The van der Waals surface area contributed by atoms with Crippen molar-refractivity contribution in [2.45, 2.75) is 13.0 Å². The number of para-hydroxylation sites is 1. The van der Waals surface area contributed by atoms with Crippen molar-refractivity contribution in [3.05, 3.63) is 47.5 Å². The van der Waals surface area contributed by atoms with E-state index in [1.807, 2.05) is 0 Å². The van der Waals surface area contributed by atoms with Gasteiger partial charge in [-0.25, -0.2) is 9.07 Å². The molecule has 1 aromatic heterocycles. The van der Waals surface area contributed by atoms with Crippen LogP contribution in [0.25, 0.3) is 5.69 Å². The molecule has 2 rings (SSSR count). The van der Waals surface area contributed by atoms with Gasteiger partial charge in [0.1, 0.15) is 11.5 Å². The molecule has 0 aliphatic rings. The topological polar surface area (TPSA) is 58.4 Å². The first-order chi connectivity index (χ1) is 9.41. The summed E-state index contributed by atoms with van der Waals surface area (Å²) in [5, 5.41) is 13.8. The number of hydrogen-bond donors (Lipinski definition) is 1. The van der Waals surface area contributed by atoms with Crippen LogP contribution in [-0.2, 0) is 0 Å². The van der Waals surface area contributed by atoms with Gasteiger partial charge in [0.25, 0.3) is 5.91 Å². The van der Waals surface area contributed by atoms with E-state index in [9.17, 15) is 14.3 Å². The van der Waals surface area contributed by atoms with Gasteiger partial charge in [-0.05, 0) is 19.1 Å². The third kappa shape index (κ3) is 2.55. The summed E-state index contributed by atoms with van der Waals surface area (Å²) in [6.45, 7) is 1.55. The molecule has 106 valence electrons. The van der Waals surface area contributed by atoms with Crippen LogP contribution in [0.3, 0.4) is 0 Å². The molecule has 0 aliphatic carbocycles. The first-order valence-corrected chi connectivity index (χ1v) is 6.16. The number of aliphatic hydroxyl groups excluding tert-OH is 1. The molecule has 6 heteroatoms. The summed E-state index contributed by atoms with van der Waals surface area (Å²) in [5.41, 5.74) is 0.784. The Labute approximate surface area is 116 Å². The minimum atomic E-state index is -0.835. The SMILES string of the molecule is CC(O)c1cccc(F)c1-n1ccc(C(=O)N(C)C)n1. The molecule has 1 aromatic carbocycles. The van der Waals surface area contributed by atoms with E-state index in [4.69, 9.17) is 0 Å². The molecule has 5 nitrogen and oxygen atoms in total. The number of rotatable bonds is 3. The minimum Gasteiger partial charge on any atom is -0.389 e. The van der Waals surface area contributed by atoms with Gasteiger partial charge in [-0.3, -0.25) is 4.79 Å². The Hall–Kier alpha value is -2.21. The highest BCUT2D eigenvalue weighted by Gasteiger charge is 2.17. The first-order valence-electron chi connectivity index (χ1n) is 6.16. The number of nitrogens with zero attached hydrogens (tertiary/aromatic N) is 3. The lowest BCUT2D eigenvalue weighted by Crippen LogP contribution is -2.22. The summed E-state index contributed by atoms with van der Waals surface area (Å²) < 4.78 is 15.3. The zero-order chi connectivity index (χ0) is 14.9. The number of aliphatic hydroxyl groups is 1. The fraction of sp³-hybridized carbons (Fsp3) is 0.286. The second-order valence-electron chi connectivity index (χ2n) is 4.70. The van der Waals surface area contributed by atoms with Crippen molar-refractivity contribution in [2.24, 2.45) is 0 Å². The second kappa shape index (κ2) is 5.42. The van der Waals surface area contributed by atoms with Crippen molar-refractivity contribution in [3.8, 4) is 5.69 Å². The number of carbonyl (C=O) groups is 1. The van der Waals surface area contributed by atoms with Gasteiger partial charge in [-0.15, -0.1) is 0 Å². The Balaban J connectivity index is 2.50. The molecule has 2 aromatic rings. The molecular formula is C14H16FN3O2. The second-order valence-corrected chi connectivity index (χ2v) is 4.70. The molecule has 0 saturated carbocycles. The molecule has 0 bridgehead atoms. The lowest BCUT2D eigenvalue weighted by atomic mass is 10.1. The number of carbonyl (C=O) groups excluding carboxylic acids is 1. The fourth-order valence-corrected chi connectivity index (χ4v) is 1.90. The van der Waals surface area contributed by atoms with E-state index in [1.54, 1.807) is 27.1 Å². The number of benzene rings is 1. The van der Waals surface area contributed by atoms with Crippen molar-refractivity contribution in [1.29, 1.82) is 0 Å². The Morgan fingerprint density at radius 2 is 2.10 bits per heavy atom. The number of aromatic nitrogens is 2. The molecule has 20 heavy (non-hydrogen) atoms. The van der Waals surface area contributed by atoms with Gasteiger partial charge in [0.15, 0.2) is 5.69 Å². The van der Waals surface area contributed by atoms with Crippen LogP contribution in [0, 0.1) is 5.82 Å². The molecular weight excluding hydrogens is 261 g/mol. The average Bonchev–Trinajstić information content (AvgIpc) is 2.86. The maximum absolute atomic E-state index is 14.0. The van der Waals surface area contributed by atoms with Crippen molar-refractivity contribution in [2.75, 3.05) is 14.1 Å². The Kier molecular flexibility index (Phi) is 3.85. The van der Waals surface area contributed by atoms with Crippen molar-refractivity contribution in [1.82, 2.24) is 14.7 Å². The molecule has 0 fully saturated rings. The van der Waals surface area contributed by atoms with Crippen LogP contribution in [0.5, 0.6) is 0 Å². The molecule has 0 aliphatic heterocycles. The van der Waals surface area contributed by atoms with E-state index in [2.05, 4.69) is 5.10 Å². The standard InChI is InChI=1S/C14H16FN3O2/c1-9(19)10-5-4-6-11(15)13(10)18-8-7-12(16-18)14(20)17(2)3/h4-9,19H,1-3H3. The zero-order valence-electron chi connectivity index (χ0n) is 11.5. The first kappa shape index (κ1) is 14.2. The van der Waals surface area contributed by atoms with E-state index in [0.717, 1.165) is 0 Å². The smallest absolute Gasteiger partial charge is 0.273 e. The minimum absolute atomic E-state index is 0.153. The van der Waals surface area contributed by atoms with Crippen molar-refractivity contribution in [3.63, 3.8) is 0 Å². The van der Waals surface area contributed by atoms with E-state index in [-0.39, 0.29) is 17.3 Å². The third-order valence-electron chi connectivity index (χ3n) is 2.91. The molecule has 1 amide bonds. The van der Waals surface area contributed by atoms with Crippen LogP contribution in [0.2, 0.25) is 0 Å². The molecule has 1 heterocycles. The van der Waals surface area contributed by atoms with Crippen LogP contribution in [-0.4, -0.2) is 39.8 Å². The lowest BCUT2D eigenvalue weighted by molar-refractivity contribution is 0.0821. The van der Waals surface area contributed by atoms with Gasteiger partial charge in [-0.1, -0.05) is 12.1 Å². The maximum Gasteiger partial charge on any atom is 0.273 e. The quantitative estimate of drug-likeness (QED) is 0.930. The summed E-state index contributed by atoms with van der Waals surface area (Å²) in [4.78, 5) is 13.2. The predicted molar refractivity (Wildman–Crippen MR) is 72.2 cm³/mol. The van der Waals surface area contributed by atoms with Crippen LogP contribution in [0.1, 0.15) is 29.1 Å². The summed E-state index contributed by atoms with van der Waals surface area (Å²) in [6, 6.07) is 5.95. The summed E-state index contributed by atoms with van der Waals surface area (Å²) in [7, 11) is 3.23. The molecule has 1 unspecified atom stereocenters. The molecule has 0 spiro atoms. The van der Waals surface area contributed by atoms with E-state index < -0.39 is 11.9 Å². The molecule has 1 atom stereocenters. The van der Waals surface area contributed by atoms with Crippen LogP contribution < -0.4 is 0 Å². The number of hydrogen-bond acceptors (Lipinski definition) is 3. The monoisotopic (exact) mass is 277 g/mol. The fourth-order valence-electron chi connectivity index (χ4n) is 1.90. The maximum atomic E-state index is 14.0. The number of halogens is 1. The largest absolute Gasteiger partial charge is 0.389 e. The van der Waals surface area contributed by atoms with Gasteiger partial charge in [0.2, 0.25) is 0 Å². The highest BCUT2D eigenvalue weighted by atomic mass is 19.1. The summed E-state index contributed by atoms with van der Waals surface area (Å²) in [6.07, 6.45) is 0.666. The Morgan fingerprint density at radius 3 is 2.70 bits per heavy atom. The highest BCUT2D eigenvalue weighted by Crippen LogP contribution is 2.24. The average molecular weight is 277 g/mol. The summed E-state index contributed by atoms with van der Waals surface area (Å²) >= 11 is 0. The third-order valence-corrected chi connectivity index (χ3v) is 2.91. The van der Waals surface area contributed by atoms with Crippen LogP contribution >= 0.6 is 0 Å². The van der Waals surface area contributed by atoms with Gasteiger partial charge < -0.3 is 10.0 Å². The van der Waals surface area contributed by atoms with Crippen molar-refractivity contribution < 1.29 is 14.3 Å². The summed E-state index contributed by atoms with van der Waals surface area (Å²) in [5.74, 6) is -0.769. The Morgan fingerprint density at radius 1 is 1.40 bits per heavy atom.